The molecule has 5 heteroatoms. The van der Waals surface area contributed by atoms with E-state index in [1.54, 1.807) is 0 Å². The summed E-state index contributed by atoms with van der Waals surface area (Å²) < 4.78 is 5.22. The van der Waals surface area contributed by atoms with E-state index >= 15 is 0 Å². The lowest BCUT2D eigenvalue weighted by atomic mass is 10.2. The Morgan fingerprint density at radius 3 is 2.75 bits per heavy atom. The molecule has 1 saturated heterocycles. The maximum atomic E-state index is 10.9. The largest absolute Gasteiger partial charge is 0.478 e. The predicted octanol–water partition coefficient (Wildman–Crippen LogP) is 0.725. The van der Waals surface area contributed by atoms with Crippen LogP contribution in [0.3, 0.4) is 0 Å². The van der Waals surface area contributed by atoms with Crippen LogP contribution in [0.5, 0.6) is 0 Å². The third kappa shape index (κ3) is 2.43. The van der Waals surface area contributed by atoms with Crippen LogP contribution in [-0.2, 0) is 6.54 Å². The van der Waals surface area contributed by atoms with Gasteiger partial charge in [-0.1, -0.05) is 0 Å². The van der Waals surface area contributed by atoms with Gasteiger partial charge >= 0.3 is 5.97 Å². The highest BCUT2D eigenvalue weighted by atomic mass is 16.4. The van der Waals surface area contributed by atoms with Gasteiger partial charge in [0.2, 0.25) is 0 Å². The topological polar surface area (TPSA) is 56.9 Å². The molecule has 2 heterocycles. The predicted molar refractivity (Wildman–Crippen MR) is 58.4 cm³/mol. The Bertz CT molecular complexity index is 367. The Kier molecular flexibility index (Phi) is 3.26. The molecular formula is C11H16N2O3. The maximum absolute atomic E-state index is 10.9. The van der Waals surface area contributed by atoms with Gasteiger partial charge in [-0.15, -0.1) is 0 Å². The van der Waals surface area contributed by atoms with Crippen LogP contribution in [0.25, 0.3) is 0 Å². The summed E-state index contributed by atoms with van der Waals surface area (Å²) >= 11 is 0. The van der Waals surface area contributed by atoms with Gasteiger partial charge in [-0.3, -0.25) is 4.90 Å². The van der Waals surface area contributed by atoms with Crippen molar-refractivity contribution in [3.63, 3.8) is 0 Å². The second kappa shape index (κ2) is 4.67. The van der Waals surface area contributed by atoms with Crippen LogP contribution >= 0.6 is 0 Å². The minimum Gasteiger partial charge on any atom is -0.478 e. The number of hydrogen-bond donors (Lipinski definition) is 1. The minimum absolute atomic E-state index is 0.277. The van der Waals surface area contributed by atoms with Crippen LogP contribution in [0, 0.1) is 0 Å². The quantitative estimate of drug-likeness (QED) is 0.820. The number of piperazine rings is 1. The Balaban J connectivity index is 1.98. The SMILES string of the molecule is CN1CCN(Cc2occc2C(=O)O)CC1. The fraction of sp³-hybridized carbons (Fsp3) is 0.545. The van der Waals surface area contributed by atoms with Crippen molar-refractivity contribution in [2.75, 3.05) is 33.2 Å². The molecular weight excluding hydrogens is 208 g/mol. The molecule has 0 aromatic carbocycles. The highest BCUT2D eigenvalue weighted by Crippen LogP contribution is 2.14. The molecule has 0 aliphatic carbocycles. The number of carboxylic acid groups (broad SMARTS) is 1. The van der Waals surface area contributed by atoms with Crippen molar-refractivity contribution in [2.24, 2.45) is 0 Å². The lowest BCUT2D eigenvalue weighted by Crippen LogP contribution is -2.43. The van der Waals surface area contributed by atoms with Crippen LogP contribution in [0.15, 0.2) is 16.7 Å². The maximum Gasteiger partial charge on any atom is 0.339 e. The number of hydrogen-bond acceptors (Lipinski definition) is 4. The van der Waals surface area contributed by atoms with Gasteiger partial charge in [0.15, 0.2) is 0 Å². The van der Waals surface area contributed by atoms with E-state index in [4.69, 9.17) is 9.52 Å². The van der Waals surface area contributed by atoms with Crippen molar-refractivity contribution < 1.29 is 14.3 Å². The van der Waals surface area contributed by atoms with E-state index in [0.717, 1.165) is 26.2 Å². The summed E-state index contributed by atoms with van der Waals surface area (Å²) in [5.41, 5.74) is 0.277. The molecule has 1 aromatic heterocycles. The zero-order chi connectivity index (χ0) is 11.5. The summed E-state index contributed by atoms with van der Waals surface area (Å²) in [4.78, 5) is 15.4. The molecule has 88 valence electrons. The van der Waals surface area contributed by atoms with E-state index in [-0.39, 0.29) is 5.56 Å². The fourth-order valence-electron chi connectivity index (χ4n) is 1.86. The molecule has 2 rings (SSSR count). The highest BCUT2D eigenvalue weighted by Gasteiger charge is 2.19. The molecule has 0 spiro atoms. The molecule has 0 unspecified atom stereocenters. The molecule has 1 N–H and O–H groups in total. The van der Waals surface area contributed by atoms with Gasteiger partial charge in [-0.2, -0.15) is 0 Å². The number of rotatable bonds is 3. The summed E-state index contributed by atoms with van der Waals surface area (Å²) in [6.07, 6.45) is 1.44. The monoisotopic (exact) mass is 224 g/mol. The van der Waals surface area contributed by atoms with Gasteiger partial charge < -0.3 is 14.4 Å². The van der Waals surface area contributed by atoms with E-state index in [2.05, 4.69) is 16.8 Å². The molecule has 0 atom stereocenters. The molecule has 1 aromatic rings. The highest BCUT2D eigenvalue weighted by molar-refractivity contribution is 5.88. The molecule has 0 saturated carbocycles. The van der Waals surface area contributed by atoms with Crippen LogP contribution < -0.4 is 0 Å². The Labute approximate surface area is 94.2 Å². The van der Waals surface area contributed by atoms with Gasteiger partial charge in [0.05, 0.1) is 12.8 Å². The van der Waals surface area contributed by atoms with E-state index in [1.165, 1.54) is 12.3 Å². The minimum atomic E-state index is -0.919. The number of likely N-dealkylation sites (N-methyl/N-ethyl adjacent to an activating group) is 1. The van der Waals surface area contributed by atoms with Crippen LogP contribution in [-0.4, -0.2) is 54.1 Å². The van der Waals surface area contributed by atoms with Crippen LogP contribution in [0.1, 0.15) is 16.1 Å². The molecule has 1 aliphatic rings. The van der Waals surface area contributed by atoms with Gasteiger partial charge in [0.25, 0.3) is 0 Å². The second-order valence-electron chi connectivity index (χ2n) is 4.14. The Morgan fingerprint density at radius 1 is 1.44 bits per heavy atom. The van der Waals surface area contributed by atoms with Crippen molar-refractivity contribution in [3.8, 4) is 0 Å². The van der Waals surface area contributed by atoms with Crippen LogP contribution in [0.4, 0.5) is 0 Å². The summed E-state index contributed by atoms with van der Waals surface area (Å²) in [6, 6.07) is 1.51. The Hall–Kier alpha value is -1.33. The van der Waals surface area contributed by atoms with Crippen LogP contribution in [0.2, 0.25) is 0 Å². The first-order chi connectivity index (χ1) is 7.66. The van der Waals surface area contributed by atoms with Crippen molar-refractivity contribution >= 4 is 5.97 Å². The first kappa shape index (κ1) is 11.2. The summed E-state index contributed by atoms with van der Waals surface area (Å²) in [7, 11) is 2.09. The van der Waals surface area contributed by atoms with Crippen molar-refractivity contribution in [2.45, 2.75) is 6.54 Å². The average molecular weight is 224 g/mol. The van der Waals surface area contributed by atoms with Gasteiger partial charge in [-0.05, 0) is 13.1 Å². The molecule has 1 fully saturated rings. The molecule has 0 amide bonds. The summed E-state index contributed by atoms with van der Waals surface area (Å²) in [6.45, 7) is 4.53. The molecule has 16 heavy (non-hydrogen) atoms. The van der Waals surface area contributed by atoms with E-state index in [9.17, 15) is 4.79 Å². The van der Waals surface area contributed by atoms with Crippen molar-refractivity contribution in [1.82, 2.24) is 9.80 Å². The van der Waals surface area contributed by atoms with Gasteiger partial charge in [0, 0.05) is 26.2 Å². The third-order valence-electron chi connectivity index (χ3n) is 2.94. The standard InChI is InChI=1S/C11H16N2O3/c1-12-3-5-13(6-4-12)8-10-9(11(14)15)2-7-16-10/h2,7H,3-6,8H2,1H3,(H,14,15). The molecule has 0 radical (unpaired) electrons. The number of furan rings is 1. The molecule has 5 nitrogen and oxygen atoms in total. The fourth-order valence-corrected chi connectivity index (χ4v) is 1.86. The first-order valence-electron chi connectivity index (χ1n) is 5.37. The van der Waals surface area contributed by atoms with E-state index in [0.29, 0.717) is 12.3 Å². The normalized spacial score (nSPS) is 18.8. The summed E-state index contributed by atoms with van der Waals surface area (Å²) in [5.74, 6) is -0.366. The Morgan fingerprint density at radius 2 is 2.12 bits per heavy atom. The number of carboxylic acids is 1. The van der Waals surface area contributed by atoms with Crippen molar-refractivity contribution in [3.05, 3.63) is 23.7 Å². The lowest BCUT2D eigenvalue weighted by molar-refractivity contribution is 0.0690. The number of nitrogens with zero attached hydrogens (tertiary/aromatic N) is 2. The lowest BCUT2D eigenvalue weighted by Gasteiger charge is -2.31. The van der Waals surface area contributed by atoms with Gasteiger partial charge in [0.1, 0.15) is 11.3 Å². The molecule has 0 bridgehead atoms. The van der Waals surface area contributed by atoms with Crippen molar-refractivity contribution in [1.29, 1.82) is 0 Å². The third-order valence-corrected chi connectivity index (χ3v) is 2.94. The van der Waals surface area contributed by atoms with E-state index < -0.39 is 5.97 Å². The van der Waals surface area contributed by atoms with E-state index in [1.807, 2.05) is 0 Å². The van der Waals surface area contributed by atoms with Gasteiger partial charge in [-0.25, -0.2) is 4.79 Å². The second-order valence-corrected chi connectivity index (χ2v) is 4.14. The average Bonchev–Trinajstić information content (AvgIpc) is 2.69. The number of carbonyl (C=O) groups is 1. The first-order valence-corrected chi connectivity index (χ1v) is 5.37. The zero-order valence-corrected chi connectivity index (χ0v) is 9.35. The molecule has 1 aliphatic heterocycles. The zero-order valence-electron chi connectivity index (χ0n) is 9.35. The summed E-state index contributed by atoms with van der Waals surface area (Å²) in [5, 5.41) is 8.94. The number of aromatic carboxylic acids is 1. The smallest absolute Gasteiger partial charge is 0.339 e.